The number of amides is 1. The Morgan fingerprint density at radius 2 is 1.89 bits per heavy atom. The third kappa shape index (κ3) is 2.69. The lowest BCUT2D eigenvalue weighted by Gasteiger charge is -2.05. The largest absolute Gasteiger partial charge is 0.365 e. The number of hydrogen-bond acceptors (Lipinski definition) is 4. The number of rotatable bonds is 4. The minimum atomic E-state index is -3.67. The second kappa shape index (κ2) is 4.79. The molecule has 1 amide bonds. The third-order valence-corrected chi connectivity index (χ3v) is 4.61. The van der Waals surface area contributed by atoms with Gasteiger partial charge >= 0.3 is 0 Å². The number of nitrogens with one attached hydrogen (secondary N) is 1. The van der Waals surface area contributed by atoms with Crippen molar-refractivity contribution < 1.29 is 13.2 Å². The van der Waals surface area contributed by atoms with Gasteiger partial charge in [-0.2, -0.15) is 0 Å². The number of anilines is 1. The minimum absolute atomic E-state index is 0.0325. The highest BCUT2D eigenvalue weighted by Gasteiger charge is 2.17. The van der Waals surface area contributed by atoms with E-state index >= 15 is 0 Å². The van der Waals surface area contributed by atoms with Crippen molar-refractivity contribution in [3.63, 3.8) is 0 Å². The molecule has 0 spiro atoms. The van der Waals surface area contributed by atoms with Crippen molar-refractivity contribution in [3.05, 3.63) is 46.7 Å². The van der Waals surface area contributed by atoms with Gasteiger partial charge < -0.3 is 5.73 Å². The molecule has 0 bridgehead atoms. The first-order valence-electron chi connectivity index (χ1n) is 4.95. The van der Waals surface area contributed by atoms with Gasteiger partial charge in [0.25, 0.3) is 15.9 Å². The zero-order valence-corrected chi connectivity index (χ0v) is 10.8. The number of para-hydroxylation sites is 1. The smallest absolute Gasteiger partial charge is 0.262 e. The maximum atomic E-state index is 12.0. The molecular formula is C11H10N2O3S2. The van der Waals surface area contributed by atoms with E-state index in [0.29, 0.717) is 5.69 Å². The summed E-state index contributed by atoms with van der Waals surface area (Å²) in [7, 11) is -3.67. The standard InChI is InChI=1S/C11H10N2O3S2/c12-11(14)10-6-9(7-17-10)18(15,16)13-8-4-2-1-3-5-8/h1-7,13H,(H2,12,14). The molecule has 0 aliphatic heterocycles. The second-order valence-electron chi connectivity index (χ2n) is 3.48. The van der Waals surface area contributed by atoms with E-state index in [1.165, 1.54) is 11.4 Å². The van der Waals surface area contributed by atoms with Crippen LogP contribution in [0, 0.1) is 0 Å². The van der Waals surface area contributed by atoms with Gasteiger partial charge in [0.1, 0.15) is 0 Å². The van der Waals surface area contributed by atoms with E-state index in [9.17, 15) is 13.2 Å². The predicted octanol–water partition coefficient (Wildman–Crippen LogP) is 1.65. The van der Waals surface area contributed by atoms with Crippen LogP contribution in [0.3, 0.4) is 0 Å². The quantitative estimate of drug-likeness (QED) is 0.893. The molecule has 0 saturated heterocycles. The molecule has 0 fully saturated rings. The summed E-state index contributed by atoms with van der Waals surface area (Å²) in [6, 6.07) is 9.77. The molecule has 0 radical (unpaired) electrons. The van der Waals surface area contributed by atoms with E-state index in [2.05, 4.69) is 4.72 Å². The molecule has 0 saturated carbocycles. The topological polar surface area (TPSA) is 89.3 Å². The van der Waals surface area contributed by atoms with E-state index in [0.717, 1.165) is 11.3 Å². The van der Waals surface area contributed by atoms with Crippen LogP contribution in [0.5, 0.6) is 0 Å². The van der Waals surface area contributed by atoms with E-state index in [1.807, 2.05) is 0 Å². The molecule has 1 aromatic heterocycles. The molecule has 94 valence electrons. The Hall–Kier alpha value is -1.86. The van der Waals surface area contributed by atoms with Crippen LogP contribution in [0.15, 0.2) is 46.7 Å². The first kappa shape index (κ1) is 12.6. The SMILES string of the molecule is NC(=O)c1cc(S(=O)(=O)Nc2ccccc2)cs1. The molecule has 2 aromatic rings. The van der Waals surface area contributed by atoms with Crippen LogP contribution in [0.1, 0.15) is 9.67 Å². The average molecular weight is 282 g/mol. The summed E-state index contributed by atoms with van der Waals surface area (Å²) in [5.41, 5.74) is 5.54. The molecule has 0 aliphatic carbocycles. The maximum absolute atomic E-state index is 12.0. The van der Waals surface area contributed by atoms with E-state index in [-0.39, 0.29) is 9.77 Å². The summed E-state index contributed by atoms with van der Waals surface area (Å²) in [5.74, 6) is -0.638. The third-order valence-electron chi connectivity index (χ3n) is 2.15. The molecular weight excluding hydrogens is 272 g/mol. The van der Waals surface area contributed by atoms with E-state index < -0.39 is 15.9 Å². The van der Waals surface area contributed by atoms with Crippen LogP contribution in [0.25, 0.3) is 0 Å². The summed E-state index contributed by atoms with van der Waals surface area (Å²) in [5, 5.41) is 1.38. The lowest BCUT2D eigenvalue weighted by molar-refractivity contribution is 0.100. The molecule has 3 N–H and O–H groups in total. The lowest BCUT2D eigenvalue weighted by atomic mass is 10.3. The normalized spacial score (nSPS) is 11.1. The highest BCUT2D eigenvalue weighted by atomic mass is 32.2. The molecule has 1 heterocycles. The molecule has 7 heteroatoms. The fourth-order valence-electron chi connectivity index (χ4n) is 1.31. The van der Waals surface area contributed by atoms with Crippen LogP contribution >= 0.6 is 11.3 Å². The zero-order chi connectivity index (χ0) is 13.2. The molecule has 18 heavy (non-hydrogen) atoms. The molecule has 0 atom stereocenters. The summed E-state index contributed by atoms with van der Waals surface area (Å²) in [4.78, 5) is 11.2. The van der Waals surface area contributed by atoms with Gasteiger partial charge in [0.05, 0.1) is 9.77 Å². The number of sulfonamides is 1. The first-order valence-corrected chi connectivity index (χ1v) is 7.31. The molecule has 0 aliphatic rings. The number of thiophene rings is 1. The van der Waals surface area contributed by atoms with Gasteiger partial charge in [-0.3, -0.25) is 9.52 Å². The van der Waals surface area contributed by atoms with Crippen LogP contribution in [0.2, 0.25) is 0 Å². The Labute approximate surface area is 108 Å². The van der Waals surface area contributed by atoms with Gasteiger partial charge in [0, 0.05) is 11.1 Å². The number of primary amides is 1. The summed E-state index contributed by atoms with van der Waals surface area (Å²) in [6.07, 6.45) is 0. The van der Waals surface area contributed by atoms with E-state index in [4.69, 9.17) is 5.73 Å². The Balaban J connectivity index is 2.28. The van der Waals surface area contributed by atoms with Crippen LogP contribution in [0.4, 0.5) is 5.69 Å². The first-order chi connectivity index (χ1) is 8.49. The van der Waals surface area contributed by atoms with Gasteiger partial charge in [-0.1, -0.05) is 18.2 Å². The second-order valence-corrected chi connectivity index (χ2v) is 6.08. The molecule has 5 nitrogen and oxygen atoms in total. The number of nitrogens with two attached hydrogens (primary N) is 1. The Kier molecular flexibility index (Phi) is 3.35. The summed E-state index contributed by atoms with van der Waals surface area (Å²) < 4.78 is 26.4. The molecule has 0 unspecified atom stereocenters. The fourth-order valence-corrected chi connectivity index (χ4v) is 3.49. The van der Waals surface area contributed by atoms with Gasteiger partial charge in [0.2, 0.25) is 0 Å². The predicted molar refractivity (Wildman–Crippen MR) is 70.1 cm³/mol. The highest BCUT2D eigenvalue weighted by molar-refractivity contribution is 7.92. The van der Waals surface area contributed by atoms with Crippen molar-refractivity contribution in [1.29, 1.82) is 0 Å². The summed E-state index contributed by atoms with van der Waals surface area (Å²) in [6.45, 7) is 0. The Bertz CT molecular complexity index is 663. The Morgan fingerprint density at radius 3 is 2.44 bits per heavy atom. The molecule has 1 aromatic carbocycles. The number of hydrogen-bond donors (Lipinski definition) is 2. The van der Waals surface area contributed by atoms with Crippen molar-refractivity contribution in [2.75, 3.05) is 4.72 Å². The van der Waals surface area contributed by atoms with E-state index in [1.54, 1.807) is 30.3 Å². The van der Waals surface area contributed by atoms with Gasteiger partial charge in [0.15, 0.2) is 0 Å². The van der Waals surface area contributed by atoms with Crippen molar-refractivity contribution >= 4 is 33.0 Å². The van der Waals surface area contributed by atoms with Gasteiger partial charge in [-0.05, 0) is 18.2 Å². The number of benzene rings is 1. The Morgan fingerprint density at radius 1 is 1.22 bits per heavy atom. The number of carbonyl (C=O) groups excluding carboxylic acids is 1. The van der Waals surface area contributed by atoms with Gasteiger partial charge in [-0.25, -0.2) is 8.42 Å². The minimum Gasteiger partial charge on any atom is -0.365 e. The van der Waals surface area contributed by atoms with Crippen LogP contribution in [-0.2, 0) is 10.0 Å². The van der Waals surface area contributed by atoms with Crippen molar-refractivity contribution in [1.82, 2.24) is 0 Å². The maximum Gasteiger partial charge on any atom is 0.262 e. The van der Waals surface area contributed by atoms with Crippen molar-refractivity contribution in [2.45, 2.75) is 4.90 Å². The zero-order valence-electron chi connectivity index (χ0n) is 9.16. The van der Waals surface area contributed by atoms with Gasteiger partial charge in [-0.15, -0.1) is 11.3 Å². The summed E-state index contributed by atoms with van der Waals surface area (Å²) >= 11 is 1.00. The fraction of sp³-hybridized carbons (Fsp3) is 0. The molecule has 2 rings (SSSR count). The lowest BCUT2D eigenvalue weighted by Crippen LogP contribution is -2.12. The monoisotopic (exact) mass is 282 g/mol. The average Bonchev–Trinajstić information content (AvgIpc) is 2.79. The number of carbonyl (C=O) groups is 1. The van der Waals surface area contributed by atoms with Crippen molar-refractivity contribution in [3.8, 4) is 0 Å². The van der Waals surface area contributed by atoms with Crippen molar-refractivity contribution in [2.24, 2.45) is 5.73 Å². The van der Waals surface area contributed by atoms with Crippen LogP contribution in [-0.4, -0.2) is 14.3 Å². The highest BCUT2D eigenvalue weighted by Crippen LogP contribution is 2.21. The van der Waals surface area contributed by atoms with Crippen LogP contribution < -0.4 is 10.5 Å².